The van der Waals surface area contributed by atoms with E-state index in [9.17, 15) is 10.2 Å². The minimum Gasteiger partial charge on any atom is -0.368 e. The molecule has 5 heteroatoms. The quantitative estimate of drug-likeness (QED) is 0.323. The summed E-state index contributed by atoms with van der Waals surface area (Å²) in [4.78, 5) is 0. The molecule has 0 aromatic heterocycles. The van der Waals surface area contributed by atoms with Crippen molar-refractivity contribution in [2.45, 2.75) is 31.5 Å². The molecular weight excluding hydrogens is 174 g/mol. The van der Waals surface area contributed by atoms with Crippen LogP contribution in [0.25, 0.3) is 0 Å². The van der Waals surface area contributed by atoms with Gasteiger partial charge >= 0.3 is 0 Å². The van der Waals surface area contributed by atoms with Crippen molar-refractivity contribution < 1.29 is 24.9 Å². The molecule has 0 aliphatic carbocycles. The first-order valence-electron chi connectivity index (χ1n) is 4.15. The van der Waals surface area contributed by atoms with Crippen molar-refractivity contribution in [3.05, 3.63) is 0 Å². The highest BCUT2D eigenvalue weighted by Crippen LogP contribution is 2.26. The number of hydrogen-bond acceptors (Lipinski definition) is 4. The highest BCUT2D eigenvalue weighted by Gasteiger charge is 2.45. The lowest BCUT2D eigenvalue weighted by Gasteiger charge is -2.45. The Morgan fingerprint density at radius 1 is 1.08 bits per heavy atom. The highest BCUT2D eigenvalue weighted by molar-refractivity contribution is 4.78. The second-order valence-electron chi connectivity index (χ2n) is 4.43. The van der Waals surface area contributed by atoms with Crippen molar-refractivity contribution >= 4 is 0 Å². The Hall–Kier alpha value is -0.200. The standard InChI is InChI=1S/C8H20NO4/c1-8(7(12)13,5-6(10)11)9(2,3)4/h6-7,10-13H,5H2,1-4H3/q+1. The number of likely N-dealkylation sites (N-methyl/N-ethyl adjacent to an activating group) is 1. The summed E-state index contributed by atoms with van der Waals surface area (Å²) in [7, 11) is 5.30. The molecule has 13 heavy (non-hydrogen) atoms. The largest absolute Gasteiger partial charge is 0.368 e. The molecule has 0 aliphatic heterocycles. The average Bonchev–Trinajstić information content (AvgIpc) is 1.82. The Kier molecular flexibility index (Phi) is 3.83. The fraction of sp³-hybridized carbons (Fsp3) is 1.00. The van der Waals surface area contributed by atoms with Crippen molar-refractivity contribution in [3.63, 3.8) is 0 Å². The molecule has 0 amide bonds. The summed E-state index contributed by atoms with van der Waals surface area (Å²) in [5.74, 6) is 0. The van der Waals surface area contributed by atoms with Crippen LogP contribution in [0.15, 0.2) is 0 Å². The molecule has 5 nitrogen and oxygen atoms in total. The fourth-order valence-corrected chi connectivity index (χ4v) is 1.10. The van der Waals surface area contributed by atoms with Crippen LogP contribution in [0.3, 0.4) is 0 Å². The van der Waals surface area contributed by atoms with Gasteiger partial charge in [0, 0.05) is 0 Å². The minimum absolute atomic E-state index is 0.0891. The molecule has 0 spiro atoms. The number of rotatable bonds is 4. The van der Waals surface area contributed by atoms with Crippen molar-refractivity contribution in [2.24, 2.45) is 0 Å². The summed E-state index contributed by atoms with van der Waals surface area (Å²) in [5.41, 5.74) is -0.992. The van der Waals surface area contributed by atoms with E-state index in [1.165, 1.54) is 0 Å². The maximum atomic E-state index is 9.17. The third-order valence-electron chi connectivity index (χ3n) is 2.68. The Labute approximate surface area is 78.4 Å². The van der Waals surface area contributed by atoms with Gasteiger partial charge in [-0.05, 0) is 6.92 Å². The molecule has 1 unspecified atom stereocenters. The Morgan fingerprint density at radius 3 is 1.54 bits per heavy atom. The van der Waals surface area contributed by atoms with E-state index in [4.69, 9.17) is 10.2 Å². The van der Waals surface area contributed by atoms with Gasteiger partial charge in [-0.3, -0.25) is 0 Å². The summed E-state index contributed by atoms with van der Waals surface area (Å²) < 4.78 is 0.238. The van der Waals surface area contributed by atoms with Gasteiger partial charge in [-0.15, -0.1) is 0 Å². The molecule has 0 fully saturated rings. The molecule has 0 rings (SSSR count). The van der Waals surface area contributed by atoms with E-state index >= 15 is 0 Å². The van der Waals surface area contributed by atoms with Crippen LogP contribution in [-0.4, -0.2) is 64.2 Å². The smallest absolute Gasteiger partial charge is 0.208 e. The lowest BCUT2D eigenvalue weighted by molar-refractivity contribution is -0.931. The zero-order valence-corrected chi connectivity index (χ0v) is 8.60. The fourth-order valence-electron chi connectivity index (χ4n) is 1.10. The third-order valence-corrected chi connectivity index (χ3v) is 2.68. The molecular formula is C8H20NO4+. The van der Waals surface area contributed by atoms with Crippen LogP contribution in [0.1, 0.15) is 13.3 Å². The molecule has 0 aliphatic rings. The molecule has 0 saturated heterocycles. The first-order valence-corrected chi connectivity index (χ1v) is 4.15. The number of hydrogen-bond donors (Lipinski definition) is 4. The summed E-state index contributed by atoms with van der Waals surface area (Å²) in [6, 6.07) is 0. The van der Waals surface area contributed by atoms with Crippen LogP contribution in [0, 0.1) is 0 Å². The van der Waals surface area contributed by atoms with Gasteiger partial charge in [0.1, 0.15) is 0 Å². The van der Waals surface area contributed by atoms with E-state index < -0.39 is 18.1 Å². The first kappa shape index (κ1) is 12.8. The third kappa shape index (κ3) is 2.89. The number of nitrogens with zero attached hydrogens (tertiary/aromatic N) is 1. The van der Waals surface area contributed by atoms with Gasteiger partial charge in [0.25, 0.3) is 0 Å². The van der Waals surface area contributed by atoms with Crippen LogP contribution in [0.2, 0.25) is 0 Å². The first-order chi connectivity index (χ1) is 5.61. The predicted octanol–water partition coefficient (Wildman–Crippen LogP) is -1.54. The number of aliphatic hydroxyl groups is 4. The van der Waals surface area contributed by atoms with Gasteiger partial charge in [-0.25, -0.2) is 0 Å². The summed E-state index contributed by atoms with van der Waals surface area (Å²) in [5, 5.41) is 36.0. The van der Waals surface area contributed by atoms with E-state index in [1.54, 1.807) is 28.1 Å². The molecule has 0 radical (unpaired) electrons. The van der Waals surface area contributed by atoms with E-state index in [-0.39, 0.29) is 10.9 Å². The highest BCUT2D eigenvalue weighted by atomic mass is 16.5. The van der Waals surface area contributed by atoms with Gasteiger partial charge < -0.3 is 24.9 Å². The maximum absolute atomic E-state index is 9.17. The Morgan fingerprint density at radius 2 is 1.46 bits per heavy atom. The summed E-state index contributed by atoms with van der Waals surface area (Å²) >= 11 is 0. The molecule has 0 aromatic rings. The normalized spacial score (nSPS) is 18.0. The maximum Gasteiger partial charge on any atom is 0.208 e. The summed E-state index contributed by atoms with van der Waals surface area (Å²) in [6.07, 6.45) is -3.22. The molecule has 0 saturated carbocycles. The molecule has 1 atom stereocenters. The monoisotopic (exact) mass is 194 g/mol. The van der Waals surface area contributed by atoms with E-state index in [0.717, 1.165) is 0 Å². The second-order valence-corrected chi connectivity index (χ2v) is 4.43. The van der Waals surface area contributed by atoms with Gasteiger partial charge in [0.2, 0.25) is 6.29 Å². The van der Waals surface area contributed by atoms with Crippen LogP contribution in [0.5, 0.6) is 0 Å². The zero-order valence-electron chi connectivity index (χ0n) is 8.60. The van der Waals surface area contributed by atoms with Gasteiger partial charge in [0.15, 0.2) is 11.8 Å². The molecule has 80 valence electrons. The minimum atomic E-state index is -1.59. The van der Waals surface area contributed by atoms with Gasteiger partial charge in [-0.1, -0.05) is 0 Å². The zero-order chi connectivity index (χ0) is 10.9. The van der Waals surface area contributed by atoms with Crippen LogP contribution in [-0.2, 0) is 0 Å². The Balaban J connectivity index is 4.74. The molecule has 4 N–H and O–H groups in total. The Bertz CT molecular complexity index is 164. The number of quaternary nitrogens is 1. The van der Waals surface area contributed by atoms with Crippen molar-refractivity contribution in [1.82, 2.24) is 0 Å². The van der Waals surface area contributed by atoms with E-state index in [1.807, 2.05) is 0 Å². The average molecular weight is 194 g/mol. The van der Waals surface area contributed by atoms with Crippen molar-refractivity contribution in [3.8, 4) is 0 Å². The lowest BCUT2D eigenvalue weighted by Crippen LogP contribution is -2.63. The molecule has 0 bridgehead atoms. The lowest BCUT2D eigenvalue weighted by atomic mass is 9.93. The molecule has 0 heterocycles. The van der Waals surface area contributed by atoms with Crippen LogP contribution in [0.4, 0.5) is 0 Å². The SMILES string of the molecule is CC(CC(O)O)(C(O)O)[N+](C)(C)C. The topological polar surface area (TPSA) is 80.9 Å². The predicted molar refractivity (Wildman–Crippen MR) is 47.5 cm³/mol. The molecule has 0 aromatic carbocycles. The van der Waals surface area contributed by atoms with Crippen LogP contribution >= 0.6 is 0 Å². The number of aliphatic hydroxyl groups excluding tert-OH is 2. The van der Waals surface area contributed by atoms with Gasteiger partial charge in [-0.2, -0.15) is 0 Å². The van der Waals surface area contributed by atoms with Crippen LogP contribution < -0.4 is 0 Å². The summed E-state index contributed by atoms with van der Waals surface area (Å²) in [6.45, 7) is 1.59. The van der Waals surface area contributed by atoms with E-state index in [2.05, 4.69) is 0 Å². The second kappa shape index (κ2) is 3.89. The van der Waals surface area contributed by atoms with Crippen molar-refractivity contribution in [2.75, 3.05) is 21.1 Å². The van der Waals surface area contributed by atoms with E-state index in [0.29, 0.717) is 0 Å². The van der Waals surface area contributed by atoms with Crippen molar-refractivity contribution in [1.29, 1.82) is 0 Å². The van der Waals surface area contributed by atoms with Gasteiger partial charge in [0.05, 0.1) is 27.6 Å².